The van der Waals surface area contributed by atoms with Crippen molar-refractivity contribution in [1.29, 1.82) is 0 Å². The lowest BCUT2D eigenvalue weighted by molar-refractivity contribution is 0.182. The van der Waals surface area contributed by atoms with Crippen molar-refractivity contribution >= 4 is 15.9 Å². The summed E-state index contributed by atoms with van der Waals surface area (Å²) < 4.78 is 6.60. The van der Waals surface area contributed by atoms with E-state index in [-0.39, 0.29) is 5.41 Å². The van der Waals surface area contributed by atoms with E-state index < -0.39 is 0 Å². The summed E-state index contributed by atoms with van der Waals surface area (Å²) in [4.78, 5) is 4.58. The van der Waals surface area contributed by atoms with Crippen LogP contribution >= 0.6 is 15.9 Å². The molecule has 4 nitrogen and oxygen atoms in total. The molecule has 1 fully saturated rings. The maximum absolute atomic E-state index is 5.88. The molecular weight excluding hydrogens is 318 g/mol. The van der Waals surface area contributed by atoms with E-state index in [1.165, 1.54) is 17.5 Å². The minimum Gasteiger partial charge on any atom is -0.338 e. The first-order valence-electron chi connectivity index (χ1n) is 6.87. The predicted octanol–water partition coefficient (Wildman–Crippen LogP) is 3.50. The monoisotopic (exact) mass is 335 g/mol. The molecule has 2 aromatic rings. The number of aromatic nitrogens is 2. The molecule has 0 saturated heterocycles. The van der Waals surface area contributed by atoms with Gasteiger partial charge in [0, 0.05) is 16.6 Å². The molecule has 0 amide bonds. The van der Waals surface area contributed by atoms with Crippen LogP contribution in [0.25, 0.3) is 11.4 Å². The Labute approximate surface area is 126 Å². The molecule has 5 heteroatoms. The van der Waals surface area contributed by atoms with Crippen molar-refractivity contribution in [2.45, 2.75) is 38.5 Å². The number of aryl methyl sites for hydroxylation is 2. The lowest BCUT2D eigenvalue weighted by atomic mass is 9.69. The van der Waals surface area contributed by atoms with E-state index in [2.05, 4.69) is 52.1 Å². The van der Waals surface area contributed by atoms with Crippen LogP contribution in [0.3, 0.4) is 0 Å². The fourth-order valence-electron chi connectivity index (χ4n) is 2.74. The summed E-state index contributed by atoms with van der Waals surface area (Å²) in [5, 5.41) is 4.14. The molecule has 106 valence electrons. The van der Waals surface area contributed by atoms with Crippen LogP contribution in [-0.2, 0) is 5.41 Å². The zero-order valence-corrected chi connectivity index (χ0v) is 13.3. The van der Waals surface area contributed by atoms with Gasteiger partial charge in [-0.2, -0.15) is 4.98 Å². The molecule has 1 aliphatic carbocycles. The number of hydrogen-bond acceptors (Lipinski definition) is 4. The maximum Gasteiger partial charge on any atom is 0.234 e. The van der Waals surface area contributed by atoms with Crippen LogP contribution in [0.5, 0.6) is 0 Å². The Morgan fingerprint density at radius 3 is 2.45 bits per heavy atom. The van der Waals surface area contributed by atoms with Gasteiger partial charge in [-0.15, -0.1) is 0 Å². The highest BCUT2D eigenvalue weighted by molar-refractivity contribution is 9.10. The Bertz CT molecular complexity index is 618. The Morgan fingerprint density at radius 2 is 1.95 bits per heavy atom. The Kier molecular flexibility index (Phi) is 3.42. The zero-order valence-electron chi connectivity index (χ0n) is 11.7. The minimum absolute atomic E-state index is 0.0787. The van der Waals surface area contributed by atoms with Crippen molar-refractivity contribution in [2.24, 2.45) is 5.73 Å². The van der Waals surface area contributed by atoms with Crippen LogP contribution in [0.2, 0.25) is 0 Å². The van der Waals surface area contributed by atoms with Gasteiger partial charge >= 0.3 is 0 Å². The van der Waals surface area contributed by atoms with Crippen LogP contribution in [0.15, 0.2) is 21.1 Å². The van der Waals surface area contributed by atoms with E-state index in [1.807, 2.05) is 0 Å². The summed E-state index contributed by atoms with van der Waals surface area (Å²) in [5.41, 5.74) is 9.13. The number of nitrogens with zero attached hydrogens (tertiary/aromatic N) is 2. The predicted molar refractivity (Wildman–Crippen MR) is 81.5 cm³/mol. The van der Waals surface area contributed by atoms with Crippen molar-refractivity contribution in [2.75, 3.05) is 6.54 Å². The van der Waals surface area contributed by atoms with Crippen LogP contribution in [-0.4, -0.2) is 16.7 Å². The normalized spacial score (nSPS) is 17.0. The molecule has 0 spiro atoms. The highest BCUT2D eigenvalue weighted by Crippen LogP contribution is 2.42. The fourth-order valence-corrected chi connectivity index (χ4v) is 2.97. The maximum atomic E-state index is 5.88. The molecule has 3 rings (SSSR count). The first kappa shape index (κ1) is 13.8. The van der Waals surface area contributed by atoms with Crippen LogP contribution < -0.4 is 5.73 Å². The van der Waals surface area contributed by atoms with E-state index in [4.69, 9.17) is 10.3 Å². The molecule has 1 aromatic heterocycles. The lowest BCUT2D eigenvalue weighted by Crippen LogP contribution is -2.41. The SMILES string of the molecule is Cc1cc(-c2noc(C3(CN)CCC3)n2)cc(C)c1Br. The third kappa shape index (κ3) is 2.09. The van der Waals surface area contributed by atoms with Crippen LogP contribution in [0.4, 0.5) is 0 Å². The fraction of sp³-hybridized carbons (Fsp3) is 0.467. The van der Waals surface area contributed by atoms with Gasteiger partial charge in [0.15, 0.2) is 0 Å². The summed E-state index contributed by atoms with van der Waals surface area (Å²) in [6.07, 6.45) is 3.28. The number of nitrogens with two attached hydrogens (primary N) is 1. The number of hydrogen-bond donors (Lipinski definition) is 1. The number of rotatable bonds is 3. The molecule has 0 atom stereocenters. The smallest absolute Gasteiger partial charge is 0.234 e. The first-order valence-corrected chi connectivity index (χ1v) is 7.66. The molecule has 1 aromatic carbocycles. The van der Waals surface area contributed by atoms with Gasteiger partial charge in [0.05, 0.1) is 5.41 Å². The van der Waals surface area contributed by atoms with Crippen LogP contribution in [0.1, 0.15) is 36.3 Å². The third-order valence-electron chi connectivity index (χ3n) is 4.28. The molecule has 0 bridgehead atoms. The van der Waals surface area contributed by atoms with Crippen molar-refractivity contribution < 1.29 is 4.52 Å². The van der Waals surface area contributed by atoms with Gasteiger partial charge in [-0.25, -0.2) is 0 Å². The standard InChI is InChI=1S/C15H18BrN3O/c1-9-6-11(7-10(2)12(9)16)13-18-14(20-19-13)15(8-17)4-3-5-15/h6-7H,3-5,8,17H2,1-2H3. The Hall–Kier alpha value is -1.20. The third-order valence-corrected chi connectivity index (χ3v) is 5.53. The molecule has 0 aliphatic heterocycles. The molecule has 20 heavy (non-hydrogen) atoms. The van der Waals surface area contributed by atoms with E-state index in [9.17, 15) is 0 Å². The molecule has 2 N–H and O–H groups in total. The summed E-state index contributed by atoms with van der Waals surface area (Å²) in [7, 11) is 0. The van der Waals surface area contributed by atoms with Crippen molar-refractivity contribution in [3.8, 4) is 11.4 Å². The van der Waals surface area contributed by atoms with Gasteiger partial charge in [0.1, 0.15) is 0 Å². The molecule has 1 heterocycles. The molecule has 1 aliphatic rings. The van der Waals surface area contributed by atoms with Gasteiger partial charge in [0.25, 0.3) is 0 Å². The highest BCUT2D eigenvalue weighted by atomic mass is 79.9. The Morgan fingerprint density at radius 1 is 1.30 bits per heavy atom. The number of halogens is 1. The lowest BCUT2D eigenvalue weighted by Gasteiger charge is -2.36. The molecule has 1 saturated carbocycles. The largest absolute Gasteiger partial charge is 0.338 e. The average Bonchev–Trinajstić information content (AvgIpc) is 2.85. The van der Waals surface area contributed by atoms with Gasteiger partial charge in [-0.1, -0.05) is 27.5 Å². The van der Waals surface area contributed by atoms with Crippen LogP contribution in [0, 0.1) is 13.8 Å². The minimum atomic E-state index is -0.0787. The topological polar surface area (TPSA) is 64.9 Å². The second-order valence-electron chi connectivity index (χ2n) is 5.69. The van der Waals surface area contributed by atoms with E-state index in [1.54, 1.807) is 0 Å². The van der Waals surface area contributed by atoms with Gasteiger partial charge < -0.3 is 10.3 Å². The summed E-state index contributed by atoms with van der Waals surface area (Å²) in [6, 6.07) is 4.14. The van der Waals surface area contributed by atoms with E-state index >= 15 is 0 Å². The summed E-state index contributed by atoms with van der Waals surface area (Å²) in [5.74, 6) is 1.35. The van der Waals surface area contributed by atoms with Crippen molar-refractivity contribution in [3.63, 3.8) is 0 Å². The second-order valence-corrected chi connectivity index (χ2v) is 6.48. The molecule has 0 radical (unpaired) electrons. The van der Waals surface area contributed by atoms with Crippen molar-refractivity contribution in [1.82, 2.24) is 10.1 Å². The second kappa shape index (κ2) is 4.97. The summed E-state index contributed by atoms with van der Waals surface area (Å²) in [6.45, 7) is 4.71. The Balaban J connectivity index is 1.98. The van der Waals surface area contributed by atoms with Crippen molar-refractivity contribution in [3.05, 3.63) is 33.6 Å². The summed E-state index contributed by atoms with van der Waals surface area (Å²) >= 11 is 3.57. The first-order chi connectivity index (χ1) is 9.55. The van der Waals surface area contributed by atoms with Gasteiger partial charge in [-0.3, -0.25) is 0 Å². The molecule has 0 unspecified atom stereocenters. The highest BCUT2D eigenvalue weighted by Gasteiger charge is 2.42. The van der Waals surface area contributed by atoms with E-state index in [0.717, 1.165) is 22.9 Å². The number of benzene rings is 1. The zero-order chi connectivity index (χ0) is 14.3. The van der Waals surface area contributed by atoms with Gasteiger partial charge in [0.2, 0.25) is 11.7 Å². The quantitative estimate of drug-likeness (QED) is 0.932. The molecular formula is C15H18BrN3O. The van der Waals surface area contributed by atoms with Gasteiger partial charge in [-0.05, 0) is 49.9 Å². The van der Waals surface area contributed by atoms with E-state index in [0.29, 0.717) is 18.3 Å². The average molecular weight is 336 g/mol.